The smallest absolute Gasteiger partial charge is 0.323 e. The number of nitrogens with two attached hydrogens (primary N) is 1. The molecule has 2 atom stereocenters. The van der Waals surface area contributed by atoms with Gasteiger partial charge in [0.15, 0.2) is 0 Å². The van der Waals surface area contributed by atoms with Gasteiger partial charge in [0.05, 0.1) is 6.54 Å². The van der Waals surface area contributed by atoms with E-state index in [9.17, 15) is 14.4 Å². The summed E-state index contributed by atoms with van der Waals surface area (Å²) in [6.07, 6.45) is 5.72. The lowest BCUT2D eigenvalue weighted by Gasteiger charge is -2.28. The Balaban J connectivity index is 5.05. The molecule has 0 saturated heterocycles. The van der Waals surface area contributed by atoms with E-state index >= 15 is 0 Å². The molecule has 0 spiro atoms. The summed E-state index contributed by atoms with van der Waals surface area (Å²) >= 11 is 0. The highest BCUT2D eigenvalue weighted by atomic mass is 16.4. The number of terminal acetylenes is 1. The van der Waals surface area contributed by atoms with E-state index < -0.39 is 30.5 Å². The van der Waals surface area contributed by atoms with Gasteiger partial charge in [0.2, 0.25) is 5.91 Å². The van der Waals surface area contributed by atoms with Crippen molar-refractivity contribution in [2.75, 3.05) is 13.1 Å². The lowest BCUT2D eigenvalue weighted by atomic mass is 9.98. The normalized spacial score (nSPS) is 12.9. The molecule has 0 bridgehead atoms. The van der Waals surface area contributed by atoms with Gasteiger partial charge >= 0.3 is 12.0 Å². The molecule has 19 heavy (non-hydrogen) atoms. The van der Waals surface area contributed by atoms with Crippen LogP contribution in [0.3, 0.4) is 0 Å². The molecule has 106 valence electrons. The summed E-state index contributed by atoms with van der Waals surface area (Å²) in [4.78, 5) is 34.8. The van der Waals surface area contributed by atoms with Crippen LogP contribution in [-0.4, -0.2) is 47.0 Å². The highest BCUT2D eigenvalue weighted by molar-refractivity contribution is 5.89. The third kappa shape index (κ3) is 5.77. The molecule has 0 aliphatic carbocycles. The third-order valence-corrected chi connectivity index (χ3v) is 2.70. The van der Waals surface area contributed by atoms with E-state index in [1.165, 1.54) is 0 Å². The van der Waals surface area contributed by atoms with Crippen LogP contribution in [0, 0.1) is 18.3 Å². The molecule has 7 nitrogen and oxygen atoms in total. The fourth-order valence-electron chi connectivity index (χ4n) is 1.52. The second-order valence-corrected chi connectivity index (χ2v) is 4.16. The number of urea groups is 1. The molecule has 4 N–H and O–H groups in total. The van der Waals surface area contributed by atoms with Gasteiger partial charge in [-0.25, -0.2) is 4.79 Å². The van der Waals surface area contributed by atoms with Crippen molar-refractivity contribution in [3.05, 3.63) is 0 Å². The van der Waals surface area contributed by atoms with Crippen LogP contribution < -0.4 is 11.1 Å². The maximum Gasteiger partial charge on any atom is 0.323 e. The van der Waals surface area contributed by atoms with Crippen molar-refractivity contribution in [1.82, 2.24) is 10.2 Å². The molecule has 0 heterocycles. The van der Waals surface area contributed by atoms with Gasteiger partial charge < -0.3 is 21.1 Å². The molecule has 0 aliphatic rings. The molecule has 0 aromatic carbocycles. The van der Waals surface area contributed by atoms with Gasteiger partial charge in [-0.3, -0.25) is 9.59 Å². The van der Waals surface area contributed by atoms with Crippen molar-refractivity contribution in [1.29, 1.82) is 0 Å². The average Bonchev–Trinajstić information content (AvgIpc) is 2.33. The lowest BCUT2D eigenvalue weighted by molar-refractivity contribution is -0.145. The predicted molar refractivity (Wildman–Crippen MR) is 69.0 cm³/mol. The quantitative estimate of drug-likeness (QED) is 0.546. The maximum absolute atomic E-state index is 12.2. The summed E-state index contributed by atoms with van der Waals surface area (Å²) in [6.45, 7) is 2.94. The van der Waals surface area contributed by atoms with Gasteiger partial charge in [-0.15, -0.1) is 6.42 Å². The van der Waals surface area contributed by atoms with E-state index in [0.29, 0.717) is 6.42 Å². The second-order valence-electron chi connectivity index (χ2n) is 4.16. The zero-order valence-corrected chi connectivity index (χ0v) is 11.0. The summed E-state index contributed by atoms with van der Waals surface area (Å²) < 4.78 is 0. The van der Waals surface area contributed by atoms with E-state index in [1.807, 2.05) is 6.92 Å². The van der Waals surface area contributed by atoms with Crippen molar-refractivity contribution in [2.45, 2.75) is 26.3 Å². The number of hydrogen-bond donors (Lipinski definition) is 3. The predicted octanol–water partition coefficient (Wildman–Crippen LogP) is -0.384. The topological polar surface area (TPSA) is 113 Å². The first-order valence-corrected chi connectivity index (χ1v) is 5.83. The minimum absolute atomic E-state index is 0.140. The Labute approximate surface area is 112 Å². The molecule has 0 rings (SSSR count). The van der Waals surface area contributed by atoms with E-state index in [2.05, 4.69) is 11.2 Å². The highest BCUT2D eigenvalue weighted by Crippen LogP contribution is 2.11. The Kier molecular flexibility index (Phi) is 7.04. The lowest BCUT2D eigenvalue weighted by Crippen LogP contribution is -2.54. The molecule has 7 heteroatoms. The van der Waals surface area contributed by atoms with E-state index in [0.717, 1.165) is 4.90 Å². The first kappa shape index (κ1) is 16.8. The van der Waals surface area contributed by atoms with Crippen molar-refractivity contribution in [2.24, 2.45) is 11.7 Å². The van der Waals surface area contributed by atoms with Crippen LogP contribution in [-0.2, 0) is 9.59 Å². The Bertz CT molecular complexity index is 389. The number of nitrogens with one attached hydrogen (secondary N) is 1. The average molecular weight is 269 g/mol. The number of primary amides is 1. The summed E-state index contributed by atoms with van der Waals surface area (Å²) in [7, 11) is 0. The van der Waals surface area contributed by atoms with Crippen molar-refractivity contribution < 1.29 is 19.5 Å². The summed E-state index contributed by atoms with van der Waals surface area (Å²) in [5.74, 6) is 0.308. The number of hydrogen-bond acceptors (Lipinski definition) is 3. The van der Waals surface area contributed by atoms with Crippen molar-refractivity contribution >= 4 is 17.9 Å². The van der Waals surface area contributed by atoms with Crippen LogP contribution in [0.1, 0.15) is 20.3 Å². The SMILES string of the molecule is C#CCN(CC(=O)O)C(=O)C(NC(N)=O)C(C)CC. The monoisotopic (exact) mass is 269 g/mol. The molecule has 0 aliphatic heterocycles. The van der Waals surface area contributed by atoms with Gasteiger partial charge in [-0.1, -0.05) is 26.2 Å². The van der Waals surface area contributed by atoms with Gasteiger partial charge in [0.25, 0.3) is 0 Å². The van der Waals surface area contributed by atoms with Crippen LogP contribution in [0.25, 0.3) is 0 Å². The minimum Gasteiger partial charge on any atom is -0.480 e. The van der Waals surface area contributed by atoms with E-state index in [-0.39, 0.29) is 12.5 Å². The zero-order valence-electron chi connectivity index (χ0n) is 11.0. The zero-order chi connectivity index (χ0) is 15.0. The van der Waals surface area contributed by atoms with Crippen LogP contribution in [0.4, 0.5) is 4.79 Å². The molecule has 0 radical (unpaired) electrons. The fourth-order valence-corrected chi connectivity index (χ4v) is 1.52. The van der Waals surface area contributed by atoms with Gasteiger partial charge in [0.1, 0.15) is 12.6 Å². The molecule has 0 fully saturated rings. The standard InChI is InChI=1S/C12H19N3O4/c1-4-6-15(7-9(16)17)11(18)10(8(3)5-2)14-12(13)19/h1,8,10H,5-7H2,2-3H3,(H,16,17)(H3,13,14,19). The summed E-state index contributed by atoms with van der Waals surface area (Å²) in [6, 6.07) is -1.72. The Hall–Kier alpha value is -2.23. The molecule has 0 aromatic rings. The largest absolute Gasteiger partial charge is 0.480 e. The molecule has 0 saturated carbocycles. The number of carbonyl (C=O) groups excluding carboxylic acids is 2. The first-order valence-electron chi connectivity index (χ1n) is 5.83. The van der Waals surface area contributed by atoms with Crippen LogP contribution in [0.5, 0.6) is 0 Å². The molecule has 3 amide bonds. The van der Waals surface area contributed by atoms with Crippen molar-refractivity contribution in [3.63, 3.8) is 0 Å². The number of carboxylic acids is 1. The van der Waals surface area contributed by atoms with Gasteiger partial charge in [-0.05, 0) is 5.92 Å². The number of nitrogens with zero attached hydrogens (tertiary/aromatic N) is 1. The molecular weight excluding hydrogens is 250 g/mol. The second kappa shape index (κ2) is 7.97. The summed E-state index contributed by atoms with van der Waals surface area (Å²) in [5, 5.41) is 11.1. The van der Waals surface area contributed by atoms with E-state index in [1.54, 1.807) is 6.92 Å². The highest BCUT2D eigenvalue weighted by Gasteiger charge is 2.30. The Morgan fingerprint density at radius 3 is 2.42 bits per heavy atom. The van der Waals surface area contributed by atoms with Crippen LogP contribution >= 0.6 is 0 Å². The number of carboxylic acid groups (broad SMARTS) is 1. The van der Waals surface area contributed by atoms with E-state index in [4.69, 9.17) is 17.3 Å². The molecule has 2 unspecified atom stereocenters. The minimum atomic E-state index is -1.18. The maximum atomic E-state index is 12.2. The number of rotatable bonds is 7. The molecular formula is C12H19N3O4. The number of carbonyl (C=O) groups is 3. The number of amides is 3. The number of aliphatic carboxylic acids is 1. The third-order valence-electron chi connectivity index (χ3n) is 2.70. The summed E-state index contributed by atoms with van der Waals surface area (Å²) in [5.41, 5.74) is 5.02. The van der Waals surface area contributed by atoms with Gasteiger partial charge in [0, 0.05) is 0 Å². The van der Waals surface area contributed by atoms with Crippen molar-refractivity contribution in [3.8, 4) is 12.3 Å². The first-order chi connectivity index (χ1) is 8.83. The Morgan fingerprint density at radius 1 is 1.47 bits per heavy atom. The Morgan fingerprint density at radius 2 is 2.05 bits per heavy atom. The van der Waals surface area contributed by atoms with Crippen LogP contribution in [0.2, 0.25) is 0 Å². The molecule has 0 aromatic heterocycles. The van der Waals surface area contributed by atoms with Crippen LogP contribution in [0.15, 0.2) is 0 Å². The van der Waals surface area contributed by atoms with Gasteiger partial charge in [-0.2, -0.15) is 0 Å². The fraction of sp³-hybridized carbons (Fsp3) is 0.583.